The maximum absolute atomic E-state index is 5.34. The molecule has 0 bridgehead atoms. The Morgan fingerprint density at radius 1 is 1.35 bits per heavy atom. The molecule has 0 radical (unpaired) electrons. The van der Waals surface area contributed by atoms with Crippen molar-refractivity contribution in [3.05, 3.63) is 10.8 Å². The predicted octanol–water partition coefficient (Wildman–Crippen LogP) is 1.28. The van der Waals surface area contributed by atoms with Crippen molar-refractivity contribution in [3.8, 4) is 0 Å². The molecule has 0 saturated heterocycles. The summed E-state index contributed by atoms with van der Waals surface area (Å²) >= 11 is 3.40. The fraction of sp³-hybridized carbons (Fsp3) is 0.600. The van der Waals surface area contributed by atoms with Crippen LogP contribution in [0.3, 0.4) is 0 Å². The van der Waals surface area contributed by atoms with Crippen LogP contribution in [0.5, 0.6) is 0 Å². The highest BCUT2D eigenvalue weighted by Crippen LogP contribution is 2.26. The Labute approximate surface area is 110 Å². The Morgan fingerprint density at radius 3 is 2.47 bits per heavy atom. The Kier molecular flexibility index (Phi) is 4.67. The lowest BCUT2D eigenvalue weighted by Crippen LogP contribution is -2.44. The number of hydrazine groups is 1. The van der Waals surface area contributed by atoms with Gasteiger partial charge in [-0.05, 0) is 43.9 Å². The van der Waals surface area contributed by atoms with E-state index in [9.17, 15) is 0 Å². The normalized spacial score (nSPS) is 11.7. The van der Waals surface area contributed by atoms with Crippen LogP contribution in [0.15, 0.2) is 10.8 Å². The fourth-order valence-electron chi connectivity index (χ4n) is 1.05. The highest BCUT2D eigenvalue weighted by Gasteiger charge is 2.20. The topological polar surface area (TPSA) is 79.1 Å². The molecule has 0 aliphatic heterocycles. The molecule has 1 aromatic rings. The van der Waals surface area contributed by atoms with Crippen LogP contribution in [0.2, 0.25) is 0 Å². The summed E-state index contributed by atoms with van der Waals surface area (Å²) in [5.41, 5.74) is 2.54. The zero-order valence-electron chi connectivity index (χ0n) is 10.6. The summed E-state index contributed by atoms with van der Waals surface area (Å²) in [6, 6.07) is 0. The average molecular weight is 303 g/mol. The number of nitrogens with two attached hydrogens (primary N) is 1. The lowest BCUT2D eigenvalue weighted by molar-refractivity contribution is 0.210. The van der Waals surface area contributed by atoms with Crippen molar-refractivity contribution in [1.29, 1.82) is 0 Å². The smallest absolute Gasteiger partial charge is 0.159 e. The van der Waals surface area contributed by atoms with Gasteiger partial charge in [-0.1, -0.05) is 0 Å². The maximum Gasteiger partial charge on any atom is 0.159 e. The molecule has 0 fully saturated rings. The Hall–Kier alpha value is -0.920. The molecule has 7 heteroatoms. The number of nitrogens with zero attached hydrogens (tertiary/aromatic N) is 3. The Morgan fingerprint density at radius 2 is 1.94 bits per heavy atom. The number of hydrogen-bond donors (Lipinski definition) is 3. The molecule has 0 amide bonds. The van der Waals surface area contributed by atoms with E-state index < -0.39 is 0 Å². The third-order valence-corrected chi connectivity index (χ3v) is 3.58. The number of rotatable bonds is 5. The minimum atomic E-state index is 0.0285. The summed E-state index contributed by atoms with van der Waals surface area (Å²) in [5.74, 6) is 6.63. The second-order valence-corrected chi connectivity index (χ2v) is 5.38. The summed E-state index contributed by atoms with van der Waals surface area (Å²) < 4.78 is 0.733. The van der Waals surface area contributed by atoms with E-state index in [-0.39, 0.29) is 5.54 Å². The van der Waals surface area contributed by atoms with Crippen LogP contribution >= 0.6 is 15.9 Å². The number of nitrogen functional groups attached to an aromatic ring is 1. The summed E-state index contributed by atoms with van der Waals surface area (Å²) in [4.78, 5) is 10.3. The first kappa shape index (κ1) is 14.1. The molecule has 96 valence electrons. The first-order valence-electron chi connectivity index (χ1n) is 5.27. The molecule has 0 aromatic carbocycles. The molecule has 4 N–H and O–H groups in total. The van der Waals surface area contributed by atoms with Gasteiger partial charge in [-0.3, -0.25) is 0 Å². The number of likely N-dealkylation sites (N-methyl/N-ethyl adjacent to an activating group) is 1. The van der Waals surface area contributed by atoms with E-state index in [4.69, 9.17) is 5.84 Å². The van der Waals surface area contributed by atoms with Crippen LogP contribution in [0.4, 0.5) is 11.6 Å². The molecule has 1 rings (SSSR count). The summed E-state index contributed by atoms with van der Waals surface area (Å²) in [5, 5.41) is 3.27. The highest BCUT2D eigenvalue weighted by molar-refractivity contribution is 9.10. The van der Waals surface area contributed by atoms with Crippen molar-refractivity contribution in [1.82, 2.24) is 14.9 Å². The van der Waals surface area contributed by atoms with E-state index in [0.29, 0.717) is 5.82 Å². The summed E-state index contributed by atoms with van der Waals surface area (Å²) in [6.07, 6.45) is 1.46. The van der Waals surface area contributed by atoms with Crippen LogP contribution in [-0.2, 0) is 0 Å². The number of anilines is 2. The van der Waals surface area contributed by atoms with E-state index in [2.05, 4.69) is 55.4 Å². The molecule has 0 spiro atoms. The van der Waals surface area contributed by atoms with Crippen LogP contribution in [0, 0.1) is 0 Å². The van der Waals surface area contributed by atoms with Gasteiger partial charge >= 0.3 is 0 Å². The van der Waals surface area contributed by atoms with E-state index in [1.54, 1.807) is 0 Å². The first-order chi connectivity index (χ1) is 7.88. The number of aromatic nitrogens is 2. The minimum Gasteiger partial charge on any atom is -0.367 e. The van der Waals surface area contributed by atoms with Crippen molar-refractivity contribution < 1.29 is 0 Å². The number of hydrogen-bond acceptors (Lipinski definition) is 6. The summed E-state index contributed by atoms with van der Waals surface area (Å²) in [6.45, 7) is 5.06. The molecular formula is C10H19BrN6. The van der Waals surface area contributed by atoms with Gasteiger partial charge in [0.25, 0.3) is 0 Å². The fourth-order valence-corrected chi connectivity index (χ4v) is 1.51. The van der Waals surface area contributed by atoms with E-state index in [0.717, 1.165) is 16.8 Å². The van der Waals surface area contributed by atoms with Crippen LogP contribution in [-0.4, -0.2) is 41.0 Å². The van der Waals surface area contributed by atoms with Gasteiger partial charge in [-0.25, -0.2) is 15.8 Å². The minimum absolute atomic E-state index is 0.0285. The Balaban J connectivity index is 2.76. The third-order valence-electron chi connectivity index (χ3n) is 2.83. The van der Waals surface area contributed by atoms with Crippen LogP contribution in [0.1, 0.15) is 13.8 Å². The maximum atomic E-state index is 5.34. The summed E-state index contributed by atoms with van der Waals surface area (Å²) in [7, 11) is 4.09. The van der Waals surface area contributed by atoms with Gasteiger partial charge in [0.2, 0.25) is 0 Å². The number of halogens is 1. The van der Waals surface area contributed by atoms with Crippen molar-refractivity contribution in [2.45, 2.75) is 19.4 Å². The average Bonchev–Trinajstić information content (AvgIpc) is 2.27. The molecule has 6 nitrogen and oxygen atoms in total. The predicted molar refractivity (Wildman–Crippen MR) is 73.8 cm³/mol. The first-order valence-corrected chi connectivity index (χ1v) is 6.06. The largest absolute Gasteiger partial charge is 0.367 e. The van der Waals surface area contributed by atoms with Crippen LogP contribution in [0.25, 0.3) is 0 Å². The molecule has 17 heavy (non-hydrogen) atoms. The second-order valence-electron chi connectivity index (χ2n) is 4.59. The molecule has 1 aromatic heterocycles. The van der Waals surface area contributed by atoms with Crippen molar-refractivity contribution in [2.24, 2.45) is 5.84 Å². The van der Waals surface area contributed by atoms with Gasteiger partial charge in [0.1, 0.15) is 16.6 Å². The molecule has 0 atom stereocenters. The lowest BCUT2D eigenvalue weighted by Gasteiger charge is -2.32. The zero-order valence-corrected chi connectivity index (χ0v) is 12.2. The lowest BCUT2D eigenvalue weighted by atomic mass is 10.0. The highest BCUT2D eigenvalue weighted by atomic mass is 79.9. The standard InChI is InChI=1S/C10H19BrN6/c1-10(2,17(3)4)5-13-8-7(11)9(16-12)15-6-14-8/h6H,5,12H2,1-4H3,(H2,13,14,15,16). The molecule has 1 heterocycles. The third kappa shape index (κ3) is 3.52. The molecule has 0 aliphatic rings. The van der Waals surface area contributed by atoms with Crippen molar-refractivity contribution in [3.63, 3.8) is 0 Å². The monoisotopic (exact) mass is 302 g/mol. The van der Waals surface area contributed by atoms with Gasteiger partial charge in [0.15, 0.2) is 5.82 Å². The van der Waals surface area contributed by atoms with Crippen molar-refractivity contribution in [2.75, 3.05) is 31.4 Å². The Bertz CT molecular complexity index is 379. The van der Waals surface area contributed by atoms with E-state index in [1.807, 2.05) is 14.1 Å². The van der Waals surface area contributed by atoms with Crippen LogP contribution < -0.4 is 16.6 Å². The molecular weight excluding hydrogens is 284 g/mol. The quantitative estimate of drug-likeness (QED) is 0.562. The second kappa shape index (κ2) is 5.61. The zero-order chi connectivity index (χ0) is 13.1. The van der Waals surface area contributed by atoms with Crippen molar-refractivity contribution >= 4 is 27.6 Å². The van der Waals surface area contributed by atoms with Gasteiger partial charge < -0.3 is 15.6 Å². The van der Waals surface area contributed by atoms with Gasteiger partial charge in [0.05, 0.1) is 0 Å². The molecule has 0 saturated carbocycles. The van der Waals surface area contributed by atoms with E-state index in [1.165, 1.54) is 6.33 Å². The van der Waals surface area contributed by atoms with Gasteiger partial charge in [-0.2, -0.15) is 0 Å². The molecule has 0 unspecified atom stereocenters. The van der Waals surface area contributed by atoms with Gasteiger partial charge in [-0.15, -0.1) is 0 Å². The molecule has 0 aliphatic carbocycles. The SMILES string of the molecule is CN(C)C(C)(C)CNc1ncnc(NN)c1Br. The number of nitrogens with one attached hydrogen (secondary N) is 2. The van der Waals surface area contributed by atoms with Gasteiger partial charge in [0, 0.05) is 12.1 Å². The van der Waals surface area contributed by atoms with E-state index >= 15 is 0 Å².